The summed E-state index contributed by atoms with van der Waals surface area (Å²) >= 11 is 1.80. The van der Waals surface area contributed by atoms with Crippen LogP contribution in [-0.2, 0) is 6.54 Å². The van der Waals surface area contributed by atoms with E-state index in [2.05, 4.69) is 28.6 Å². The maximum absolute atomic E-state index is 12.4. The molecule has 28 heavy (non-hydrogen) atoms. The molecule has 1 saturated carbocycles. The monoisotopic (exact) mass is 402 g/mol. The Morgan fingerprint density at radius 2 is 2.11 bits per heavy atom. The first-order valence-corrected chi connectivity index (χ1v) is 11.3. The summed E-state index contributed by atoms with van der Waals surface area (Å²) in [5.41, 5.74) is 1.23. The molecule has 7 heteroatoms. The number of aromatic nitrogens is 2. The number of aliphatic hydroxyl groups is 1. The molecule has 0 spiro atoms. The van der Waals surface area contributed by atoms with Crippen molar-refractivity contribution in [2.24, 2.45) is 0 Å². The van der Waals surface area contributed by atoms with E-state index in [1.54, 1.807) is 17.4 Å². The van der Waals surface area contributed by atoms with E-state index < -0.39 is 6.10 Å². The van der Waals surface area contributed by atoms with Gasteiger partial charge in [0.05, 0.1) is 12.1 Å². The summed E-state index contributed by atoms with van der Waals surface area (Å²) in [6.45, 7) is 4.92. The molecule has 3 heterocycles. The first-order valence-electron chi connectivity index (χ1n) is 10.4. The predicted molar refractivity (Wildman–Crippen MR) is 113 cm³/mol. The van der Waals surface area contributed by atoms with Gasteiger partial charge in [-0.2, -0.15) is 5.10 Å². The fraction of sp³-hybridized carbons (Fsp3) is 0.619. The molecule has 0 aromatic carbocycles. The lowest BCUT2D eigenvalue weighted by atomic mass is 10.0. The molecule has 6 nitrogen and oxygen atoms in total. The standard InChI is InChI=1S/C21H30N4O2S/c1-15-10-12-28-19(15)14-22-13-16-5-2-3-11-24(16)20-8-9-21(27)25(23-20)17-6-4-7-18(17)26/h8-10,12,16-18,22,26H,2-7,11,13-14H2,1H3. The van der Waals surface area contributed by atoms with E-state index in [0.29, 0.717) is 6.04 Å². The van der Waals surface area contributed by atoms with Gasteiger partial charge in [-0.15, -0.1) is 11.3 Å². The van der Waals surface area contributed by atoms with Crippen molar-refractivity contribution in [3.8, 4) is 0 Å². The Bertz CT molecular complexity index is 849. The van der Waals surface area contributed by atoms with Gasteiger partial charge in [0.25, 0.3) is 5.56 Å². The minimum absolute atomic E-state index is 0.116. The number of aliphatic hydroxyl groups excluding tert-OH is 1. The van der Waals surface area contributed by atoms with Crippen LogP contribution in [0.3, 0.4) is 0 Å². The molecule has 1 aliphatic heterocycles. The van der Waals surface area contributed by atoms with Crippen molar-refractivity contribution in [1.29, 1.82) is 0 Å². The zero-order chi connectivity index (χ0) is 19.5. The molecule has 2 aromatic rings. The Kier molecular flexibility index (Phi) is 6.13. The van der Waals surface area contributed by atoms with Gasteiger partial charge < -0.3 is 15.3 Å². The van der Waals surface area contributed by atoms with Crippen LogP contribution in [-0.4, -0.2) is 40.1 Å². The van der Waals surface area contributed by atoms with E-state index in [9.17, 15) is 9.90 Å². The quantitative estimate of drug-likeness (QED) is 0.778. The van der Waals surface area contributed by atoms with Crippen LogP contribution < -0.4 is 15.8 Å². The van der Waals surface area contributed by atoms with Crippen LogP contribution in [0.2, 0.25) is 0 Å². The van der Waals surface area contributed by atoms with E-state index in [1.165, 1.54) is 21.5 Å². The number of aryl methyl sites for hydroxylation is 1. The van der Waals surface area contributed by atoms with Crippen molar-refractivity contribution in [3.05, 3.63) is 44.4 Å². The number of thiophene rings is 1. The molecule has 152 valence electrons. The molecule has 2 aliphatic rings. The molecule has 2 aromatic heterocycles. The largest absolute Gasteiger partial charge is 0.391 e. The molecule has 0 bridgehead atoms. The van der Waals surface area contributed by atoms with Gasteiger partial charge in [0.2, 0.25) is 0 Å². The molecule has 4 rings (SSSR count). The molecule has 2 N–H and O–H groups in total. The summed E-state index contributed by atoms with van der Waals surface area (Å²) in [4.78, 5) is 16.1. The van der Waals surface area contributed by atoms with Gasteiger partial charge in [-0.1, -0.05) is 0 Å². The van der Waals surface area contributed by atoms with E-state index in [1.807, 2.05) is 6.07 Å². The highest BCUT2D eigenvalue weighted by molar-refractivity contribution is 7.10. The normalized spacial score (nSPS) is 25.4. The Labute approximate surface area is 170 Å². The van der Waals surface area contributed by atoms with Crippen molar-refractivity contribution in [3.63, 3.8) is 0 Å². The van der Waals surface area contributed by atoms with E-state index >= 15 is 0 Å². The SMILES string of the molecule is Cc1ccsc1CNCC1CCCCN1c1ccc(=O)n(C2CCCC2O)n1. The molecule has 0 radical (unpaired) electrons. The van der Waals surface area contributed by atoms with Gasteiger partial charge in [-0.3, -0.25) is 4.79 Å². The third kappa shape index (κ3) is 4.16. The summed E-state index contributed by atoms with van der Waals surface area (Å²) in [5.74, 6) is 0.859. The second kappa shape index (κ2) is 8.76. The Morgan fingerprint density at radius 3 is 2.86 bits per heavy atom. The minimum atomic E-state index is -0.465. The lowest BCUT2D eigenvalue weighted by Gasteiger charge is -2.37. The summed E-state index contributed by atoms with van der Waals surface area (Å²) in [5, 5.41) is 20.7. The van der Waals surface area contributed by atoms with Gasteiger partial charge in [-0.05, 0) is 68.5 Å². The zero-order valence-electron chi connectivity index (χ0n) is 16.5. The van der Waals surface area contributed by atoms with Gasteiger partial charge in [0.1, 0.15) is 5.82 Å². The van der Waals surface area contributed by atoms with Gasteiger partial charge in [0, 0.05) is 36.6 Å². The van der Waals surface area contributed by atoms with Gasteiger partial charge in [0.15, 0.2) is 0 Å². The highest BCUT2D eigenvalue weighted by Crippen LogP contribution is 2.29. The molecule has 1 aliphatic carbocycles. The third-order valence-corrected chi connectivity index (χ3v) is 7.15. The predicted octanol–water partition coefficient (Wildman–Crippen LogP) is 2.85. The average Bonchev–Trinajstić information content (AvgIpc) is 3.31. The second-order valence-electron chi connectivity index (χ2n) is 8.04. The zero-order valence-corrected chi connectivity index (χ0v) is 17.3. The number of piperidine rings is 1. The summed E-state index contributed by atoms with van der Waals surface area (Å²) < 4.78 is 1.53. The summed E-state index contributed by atoms with van der Waals surface area (Å²) in [6, 6.07) is 5.82. The Hall–Kier alpha value is -1.70. The van der Waals surface area contributed by atoms with E-state index in [0.717, 1.165) is 57.6 Å². The van der Waals surface area contributed by atoms with Gasteiger partial charge in [-0.25, -0.2) is 4.68 Å². The van der Waals surface area contributed by atoms with Crippen molar-refractivity contribution >= 4 is 17.2 Å². The topological polar surface area (TPSA) is 70.4 Å². The second-order valence-corrected chi connectivity index (χ2v) is 9.04. The first kappa shape index (κ1) is 19.6. The Morgan fingerprint density at radius 1 is 1.21 bits per heavy atom. The van der Waals surface area contributed by atoms with E-state index in [-0.39, 0.29) is 11.6 Å². The Balaban J connectivity index is 1.48. The van der Waals surface area contributed by atoms with Crippen molar-refractivity contribution in [2.75, 3.05) is 18.0 Å². The molecule has 3 unspecified atom stereocenters. The fourth-order valence-electron chi connectivity index (χ4n) is 4.46. The van der Waals surface area contributed by atoms with Crippen molar-refractivity contribution in [1.82, 2.24) is 15.1 Å². The smallest absolute Gasteiger partial charge is 0.267 e. The number of nitrogens with one attached hydrogen (secondary N) is 1. The number of anilines is 1. The molecule has 3 atom stereocenters. The third-order valence-electron chi connectivity index (χ3n) is 6.12. The number of rotatable bonds is 6. The summed E-state index contributed by atoms with van der Waals surface area (Å²) in [6.07, 6.45) is 5.55. The number of hydrogen-bond donors (Lipinski definition) is 2. The van der Waals surface area contributed by atoms with Crippen LogP contribution in [0.1, 0.15) is 55.0 Å². The van der Waals surface area contributed by atoms with E-state index in [4.69, 9.17) is 5.10 Å². The first-order chi connectivity index (χ1) is 13.6. The van der Waals surface area contributed by atoms with Gasteiger partial charge >= 0.3 is 0 Å². The maximum atomic E-state index is 12.4. The van der Waals surface area contributed by atoms with Crippen LogP contribution in [0.4, 0.5) is 5.82 Å². The van der Waals surface area contributed by atoms with Crippen LogP contribution in [0, 0.1) is 6.92 Å². The molecule has 0 amide bonds. The number of hydrogen-bond acceptors (Lipinski definition) is 6. The lowest BCUT2D eigenvalue weighted by molar-refractivity contribution is 0.127. The highest BCUT2D eigenvalue weighted by Gasteiger charge is 2.30. The molecule has 1 saturated heterocycles. The maximum Gasteiger partial charge on any atom is 0.267 e. The summed E-state index contributed by atoms with van der Waals surface area (Å²) in [7, 11) is 0. The molecular weight excluding hydrogens is 372 g/mol. The lowest BCUT2D eigenvalue weighted by Crippen LogP contribution is -2.46. The molecular formula is C21H30N4O2S. The van der Waals surface area contributed by atoms with Crippen LogP contribution in [0.5, 0.6) is 0 Å². The fourth-order valence-corrected chi connectivity index (χ4v) is 5.34. The van der Waals surface area contributed by atoms with Crippen molar-refractivity contribution in [2.45, 2.75) is 70.2 Å². The minimum Gasteiger partial charge on any atom is -0.391 e. The van der Waals surface area contributed by atoms with Crippen LogP contribution in [0.15, 0.2) is 28.4 Å². The highest BCUT2D eigenvalue weighted by atomic mass is 32.1. The van der Waals surface area contributed by atoms with Crippen LogP contribution in [0.25, 0.3) is 0 Å². The van der Waals surface area contributed by atoms with Crippen LogP contribution >= 0.6 is 11.3 Å². The van der Waals surface area contributed by atoms with Crippen molar-refractivity contribution < 1.29 is 5.11 Å². The molecule has 2 fully saturated rings. The number of nitrogens with zero attached hydrogens (tertiary/aromatic N) is 3. The average molecular weight is 403 g/mol.